The molecule has 0 aliphatic rings. The summed E-state index contributed by atoms with van der Waals surface area (Å²) in [5.74, 6) is 2.69. The number of aromatic nitrogens is 8. The van der Waals surface area contributed by atoms with Crippen molar-refractivity contribution in [1.82, 2.24) is 37.9 Å². The van der Waals surface area contributed by atoms with Gasteiger partial charge < -0.3 is 0 Å². The van der Waals surface area contributed by atoms with Crippen LogP contribution in [0.5, 0.6) is 0 Å². The minimum absolute atomic E-state index is 0.502. The van der Waals surface area contributed by atoms with E-state index in [0.29, 0.717) is 11.8 Å². The van der Waals surface area contributed by atoms with Gasteiger partial charge >= 0.3 is 0 Å². The van der Waals surface area contributed by atoms with Crippen LogP contribution in [-0.4, -0.2) is 37.9 Å². The number of fused-ring (bicyclic) bond motifs is 10. The van der Waals surface area contributed by atoms with E-state index in [-0.39, 0.29) is 0 Å². The van der Waals surface area contributed by atoms with Crippen LogP contribution in [0.25, 0.3) is 89.8 Å². The number of imidazole rings is 4. The molecule has 69 heavy (non-hydrogen) atoms. The van der Waals surface area contributed by atoms with Crippen molar-refractivity contribution in [2.24, 2.45) is 0 Å². The van der Waals surface area contributed by atoms with E-state index < -0.39 is 10.0 Å². The van der Waals surface area contributed by atoms with Crippen LogP contribution in [0.15, 0.2) is 262 Å². The van der Waals surface area contributed by atoms with Crippen LogP contribution < -0.4 is 0 Å². The summed E-state index contributed by atoms with van der Waals surface area (Å²) in [6, 6.07) is 86.4. The summed E-state index contributed by atoms with van der Waals surface area (Å²) in [6.45, 7) is 0. The summed E-state index contributed by atoms with van der Waals surface area (Å²) in [5.41, 5.74) is 11.9. The predicted molar refractivity (Wildman–Crippen MR) is 279 cm³/mol. The van der Waals surface area contributed by atoms with Crippen LogP contribution in [0.4, 0.5) is 0 Å². The summed E-state index contributed by atoms with van der Waals surface area (Å²) < 4.78 is 8.73. The van der Waals surface area contributed by atoms with Crippen molar-refractivity contribution < 1.29 is 0 Å². The van der Waals surface area contributed by atoms with Crippen LogP contribution >= 0.6 is 10.0 Å². The van der Waals surface area contributed by atoms with Crippen LogP contribution in [0.2, 0.25) is 0 Å². The Balaban J connectivity index is 1.07. The highest BCUT2D eigenvalue weighted by Gasteiger charge is 2.34. The van der Waals surface area contributed by atoms with Crippen molar-refractivity contribution in [1.29, 1.82) is 0 Å². The third-order valence-electron chi connectivity index (χ3n) is 13.3. The standard InChI is InChI=1S/C60H40N8S/c1-4-20-41(21-5-1)42-22-18-28-46(38-42)69(44-24-6-2-7-25-44,45-26-8-3-9-27-45)47-29-19-23-43(39-47)50-40-57(67-55-36-16-14-34-53(55)65-51-32-12-10-30-48(51)62-59(65)67)64-58(61-50)68-56-37-17-15-35-54(56)66-52-33-13-11-31-49(52)63-60(66)68/h1-40H. The van der Waals surface area contributed by atoms with Crippen LogP contribution in [-0.2, 0) is 0 Å². The molecular weight excluding hydrogens is 865 g/mol. The van der Waals surface area contributed by atoms with Crippen molar-refractivity contribution in [3.05, 3.63) is 243 Å². The van der Waals surface area contributed by atoms with Crippen LogP contribution in [0.1, 0.15) is 0 Å². The molecule has 0 atom stereocenters. The highest BCUT2D eigenvalue weighted by molar-refractivity contribution is 8.34. The van der Waals surface area contributed by atoms with Gasteiger partial charge in [-0.15, -0.1) is 10.0 Å². The zero-order valence-corrected chi connectivity index (χ0v) is 37.9. The van der Waals surface area contributed by atoms with Crippen molar-refractivity contribution in [3.8, 4) is 34.2 Å². The van der Waals surface area contributed by atoms with E-state index in [0.717, 1.165) is 66.9 Å². The molecule has 0 saturated carbocycles. The number of para-hydroxylation sites is 8. The Bertz CT molecular complexity index is 4060. The van der Waals surface area contributed by atoms with Gasteiger partial charge in [0, 0.05) is 31.2 Å². The van der Waals surface area contributed by atoms with Crippen molar-refractivity contribution in [2.45, 2.75) is 19.6 Å². The Hall–Kier alpha value is -9.05. The van der Waals surface area contributed by atoms with E-state index in [9.17, 15) is 0 Å². The first kappa shape index (κ1) is 39.1. The average molecular weight is 905 g/mol. The van der Waals surface area contributed by atoms with Gasteiger partial charge in [0.05, 0.1) is 49.8 Å². The molecular formula is C60H40N8S. The lowest BCUT2D eigenvalue weighted by molar-refractivity contribution is 0.930. The normalized spacial score (nSPS) is 12.3. The maximum absolute atomic E-state index is 5.59. The lowest BCUT2D eigenvalue weighted by Gasteiger charge is -2.42. The first-order chi connectivity index (χ1) is 34.2. The lowest BCUT2D eigenvalue weighted by Crippen LogP contribution is -2.08. The molecule has 326 valence electrons. The third-order valence-corrected chi connectivity index (χ3v) is 17.2. The molecule has 9 heteroatoms. The topological polar surface area (TPSA) is 70.2 Å². The molecule has 14 aromatic rings. The van der Waals surface area contributed by atoms with Gasteiger partial charge in [-0.25, -0.2) is 19.5 Å². The maximum Gasteiger partial charge on any atom is 0.239 e. The minimum atomic E-state index is -2.10. The van der Waals surface area contributed by atoms with E-state index in [1.807, 2.05) is 12.1 Å². The van der Waals surface area contributed by atoms with E-state index in [2.05, 4.69) is 248 Å². The average Bonchev–Trinajstić information content (AvgIpc) is 4.17. The van der Waals surface area contributed by atoms with E-state index in [1.54, 1.807) is 0 Å². The number of benzene rings is 9. The van der Waals surface area contributed by atoms with E-state index in [4.69, 9.17) is 19.9 Å². The molecule has 5 aromatic heterocycles. The summed E-state index contributed by atoms with van der Waals surface area (Å²) in [4.78, 5) is 26.6. The third kappa shape index (κ3) is 5.97. The Morgan fingerprint density at radius 3 is 1.29 bits per heavy atom. The molecule has 0 unspecified atom stereocenters. The molecule has 0 radical (unpaired) electrons. The maximum atomic E-state index is 5.59. The Morgan fingerprint density at radius 1 is 0.290 bits per heavy atom. The first-order valence-electron chi connectivity index (χ1n) is 23.1. The highest BCUT2D eigenvalue weighted by atomic mass is 32.3. The molecule has 0 N–H and O–H groups in total. The van der Waals surface area contributed by atoms with Gasteiger partial charge in [-0.1, -0.05) is 140 Å². The number of hydrogen-bond acceptors (Lipinski definition) is 4. The summed E-state index contributed by atoms with van der Waals surface area (Å²) in [6.07, 6.45) is 0. The summed E-state index contributed by atoms with van der Waals surface area (Å²) in [5, 5.41) is 0. The molecule has 9 aromatic carbocycles. The van der Waals surface area contributed by atoms with Gasteiger partial charge in [-0.3, -0.25) is 13.4 Å². The molecule has 14 rings (SSSR count). The zero-order chi connectivity index (χ0) is 45.5. The molecule has 0 fully saturated rings. The first-order valence-corrected chi connectivity index (χ1v) is 24.7. The molecule has 0 aliphatic carbocycles. The number of rotatable bonds is 8. The molecule has 8 nitrogen and oxygen atoms in total. The van der Waals surface area contributed by atoms with Gasteiger partial charge in [0.1, 0.15) is 5.82 Å². The fourth-order valence-electron chi connectivity index (χ4n) is 10.3. The van der Waals surface area contributed by atoms with Gasteiger partial charge in [0.2, 0.25) is 17.5 Å². The van der Waals surface area contributed by atoms with Gasteiger partial charge in [-0.2, -0.15) is 4.98 Å². The largest absolute Gasteiger partial charge is 0.276 e. The van der Waals surface area contributed by atoms with Gasteiger partial charge in [0.15, 0.2) is 0 Å². The second-order valence-corrected chi connectivity index (χ2v) is 20.3. The second kappa shape index (κ2) is 15.5. The zero-order valence-electron chi connectivity index (χ0n) is 37.1. The molecule has 0 saturated heterocycles. The lowest BCUT2D eigenvalue weighted by atomic mass is 10.1. The summed E-state index contributed by atoms with van der Waals surface area (Å²) >= 11 is 0. The highest BCUT2D eigenvalue weighted by Crippen LogP contribution is 2.73. The molecule has 0 amide bonds. The smallest absolute Gasteiger partial charge is 0.239 e. The monoisotopic (exact) mass is 904 g/mol. The number of nitrogens with zero attached hydrogens (tertiary/aromatic N) is 8. The van der Waals surface area contributed by atoms with Gasteiger partial charge in [0.25, 0.3) is 0 Å². The SMILES string of the molecule is c1ccc(-c2cccc(S(c3ccccc3)(c3ccccc3)c3cccc(-c4cc(-n5c6ccccc6n6c7ccccc7nc56)nc(-n5c6ccccc6n6c7ccccc7nc56)n4)c3)c2)cc1. The molecule has 5 heterocycles. The minimum Gasteiger partial charge on any atom is -0.276 e. The Morgan fingerprint density at radius 2 is 0.710 bits per heavy atom. The van der Waals surface area contributed by atoms with Crippen LogP contribution in [0.3, 0.4) is 0 Å². The van der Waals surface area contributed by atoms with Crippen molar-refractivity contribution >= 4 is 65.7 Å². The van der Waals surface area contributed by atoms with Crippen molar-refractivity contribution in [3.63, 3.8) is 0 Å². The molecule has 0 aliphatic heterocycles. The van der Waals surface area contributed by atoms with Crippen LogP contribution in [0, 0.1) is 0 Å². The fourth-order valence-corrected chi connectivity index (χ4v) is 14.3. The fraction of sp³-hybridized carbons (Fsp3) is 0. The second-order valence-electron chi connectivity index (χ2n) is 17.2. The quantitative estimate of drug-likeness (QED) is 0.152. The van der Waals surface area contributed by atoms with Crippen molar-refractivity contribution in [2.75, 3.05) is 0 Å². The Kier molecular flexibility index (Phi) is 8.80. The van der Waals surface area contributed by atoms with E-state index in [1.165, 1.54) is 30.7 Å². The molecule has 0 spiro atoms. The summed E-state index contributed by atoms with van der Waals surface area (Å²) in [7, 11) is -2.10. The Labute approximate surface area is 398 Å². The van der Waals surface area contributed by atoms with E-state index >= 15 is 0 Å². The predicted octanol–water partition coefficient (Wildman–Crippen LogP) is 14.6. The van der Waals surface area contributed by atoms with Gasteiger partial charge in [-0.05, 0) is 108 Å². The molecule has 0 bridgehead atoms. The number of hydrogen-bond donors (Lipinski definition) is 0.